The molecule has 1 aliphatic heterocycles. The zero-order chi connectivity index (χ0) is 22.2. The smallest absolute Gasteiger partial charge is 0.117 e. The van der Waals surface area contributed by atoms with Gasteiger partial charge in [0.2, 0.25) is 0 Å². The number of hydrogen-bond donors (Lipinski definition) is 2. The number of rotatable bonds is 2. The van der Waals surface area contributed by atoms with Crippen molar-refractivity contribution in [3.63, 3.8) is 0 Å². The summed E-state index contributed by atoms with van der Waals surface area (Å²) in [6, 6.07) is 20.0. The number of halogens is 2. The van der Waals surface area contributed by atoms with Gasteiger partial charge in [0.1, 0.15) is 11.5 Å². The quantitative estimate of drug-likeness (QED) is 0.398. The monoisotopic (exact) mass is 510 g/mol. The van der Waals surface area contributed by atoms with Crippen molar-refractivity contribution in [3.8, 4) is 5.75 Å². The highest BCUT2D eigenvalue weighted by molar-refractivity contribution is 5.85. The first-order valence-electron chi connectivity index (χ1n) is 11.7. The summed E-state index contributed by atoms with van der Waals surface area (Å²) >= 11 is 0. The molecule has 182 valence electrons. The summed E-state index contributed by atoms with van der Waals surface area (Å²) in [6.45, 7) is 1.55. The number of aromatic nitrogens is 1. The molecule has 5 nitrogen and oxygen atoms in total. The van der Waals surface area contributed by atoms with Crippen molar-refractivity contribution >= 4 is 35.7 Å². The maximum atomic E-state index is 12.6. The lowest BCUT2D eigenvalue weighted by molar-refractivity contribution is -0.154. The maximum absolute atomic E-state index is 12.6. The van der Waals surface area contributed by atoms with Crippen LogP contribution < -0.4 is 0 Å². The van der Waals surface area contributed by atoms with E-state index in [0.29, 0.717) is 19.4 Å². The predicted octanol–water partition coefficient (Wildman–Crippen LogP) is 4.98. The number of para-hydroxylation sites is 1. The molecular weight excluding hydrogens is 483 g/mol. The number of phenolic OH excluding ortho intramolecular Hbond substituents is 1. The number of nitrogens with zero attached hydrogens (tertiary/aromatic N) is 2. The number of piperidine rings is 1. The molecule has 7 rings (SSSR count). The molecule has 0 amide bonds. The first-order valence-corrected chi connectivity index (χ1v) is 11.7. The fraction of sp³-hybridized carbons (Fsp3) is 0.321. The van der Waals surface area contributed by atoms with Gasteiger partial charge < -0.3 is 14.6 Å². The van der Waals surface area contributed by atoms with Crippen molar-refractivity contribution in [1.29, 1.82) is 0 Å². The van der Waals surface area contributed by atoms with Gasteiger partial charge >= 0.3 is 0 Å². The summed E-state index contributed by atoms with van der Waals surface area (Å²) in [6.07, 6.45) is 4.53. The van der Waals surface area contributed by atoms with Gasteiger partial charge in [-0.2, -0.15) is 0 Å². The van der Waals surface area contributed by atoms with Gasteiger partial charge in [0, 0.05) is 41.9 Å². The fourth-order valence-corrected chi connectivity index (χ4v) is 6.89. The van der Waals surface area contributed by atoms with E-state index >= 15 is 0 Å². The molecule has 3 heterocycles. The Hall–Kier alpha value is -2.57. The summed E-state index contributed by atoms with van der Waals surface area (Å²) in [5.74, 6) is 1.19. The van der Waals surface area contributed by atoms with E-state index < -0.39 is 11.0 Å². The number of aliphatic hydroxyl groups is 1. The van der Waals surface area contributed by atoms with Crippen LogP contribution in [0.2, 0.25) is 0 Å². The molecule has 1 saturated heterocycles. The Morgan fingerprint density at radius 2 is 1.86 bits per heavy atom. The summed E-state index contributed by atoms with van der Waals surface area (Å²) in [5, 5.41) is 24.1. The first-order chi connectivity index (χ1) is 16.1. The van der Waals surface area contributed by atoms with Gasteiger partial charge in [-0.05, 0) is 65.9 Å². The van der Waals surface area contributed by atoms with Crippen molar-refractivity contribution in [1.82, 2.24) is 9.88 Å². The molecule has 3 aliphatic rings. The van der Waals surface area contributed by atoms with Gasteiger partial charge in [0.25, 0.3) is 0 Å². The van der Waals surface area contributed by atoms with Crippen LogP contribution >= 0.6 is 24.8 Å². The average molecular weight is 511 g/mol. The second-order valence-corrected chi connectivity index (χ2v) is 10.0. The van der Waals surface area contributed by atoms with Crippen molar-refractivity contribution in [2.24, 2.45) is 0 Å². The minimum atomic E-state index is -0.949. The zero-order valence-electron chi connectivity index (χ0n) is 19.2. The number of aromatic hydroxyl groups is 1. The normalized spacial score (nSPS) is 26.6. The molecule has 0 spiro atoms. The minimum absolute atomic E-state index is 0. The first kappa shape index (κ1) is 24.1. The van der Waals surface area contributed by atoms with Crippen LogP contribution in [-0.2, 0) is 31.2 Å². The van der Waals surface area contributed by atoms with E-state index in [1.165, 1.54) is 5.56 Å². The molecule has 2 aromatic carbocycles. The van der Waals surface area contributed by atoms with Gasteiger partial charge in [-0.1, -0.05) is 24.3 Å². The SMILES string of the molecule is Cl.Cl.Oc1ccc2c(c1)[C@]13CCN(Cc4ccco4)[C@H](C2)[C@]1(O)Cc1cc2ccccc2nc1C3. The van der Waals surface area contributed by atoms with Crippen LogP contribution in [0.3, 0.4) is 0 Å². The molecular formula is C28H28Cl2N2O3. The fourth-order valence-electron chi connectivity index (χ4n) is 6.89. The van der Waals surface area contributed by atoms with E-state index in [4.69, 9.17) is 9.40 Å². The Balaban J connectivity index is 0.00000127. The van der Waals surface area contributed by atoms with Crippen LogP contribution in [0.15, 0.2) is 71.3 Å². The third-order valence-electron chi connectivity index (χ3n) is 8.43. The highest BCUT2D eigenvalue weighted by Crippen LogP contribution is 2.57. The van der Waals surface area contributed by atoms with E-state index in [9.17, 15) is 10.2 Å². The zero-order valence-corrected chi connectivity index (χ0v) is 20.8. The van der Waals surface area contributed by atoms with Crippen molar-refractivity contribution in [3.05, 3.63) is 95.1 Å². The molecule has 0 unspecified atom stereocenters. The highest BCUT2D eigenvalue weighted by atomic mass is 35.5. The summed E-state index contributed by atoms with van der Waals surface area (Å²) in [4.78, 5) is 7.45. The van der Waals surface area contributed by atoms with E-state index in [1.807, 2.05) is 36.4 Å². The Morgan fingerprint density at radius 1 is 1.00 bits per heavy atom. The molecule has 2 aromatic heterocycles. The molecule has 4 aromatic rings. The number of pyridine rings is 1. The molecule has 3 atom stereocenters. The van der Waals surface area contributed by atoms with Crippen molar-refractivity contribution < 1.29 is 14.6 Å². The Morgan fingerprint density at radius 3 is 2.69 bits per heavy atom. The molecule has 2 bridgehead atoms. The lowest BCUT2D eigenvalue weighted by atomic mass is 9.49. The molecule has 1 fully saturated rings. The highest BCUT2D eigenvalue weighted by Gasteiger charge is 2.64. The van der Waals surface area contributed by atoms with Crippen LogP contribution in [0, 0.1) is 0 Å². The largest absolute Gasteiger partial charge is 0.508 e. The van der Waals surface area contributed by atoms with E-state index in [1.54, 1.807) is 12.3 Å². The lowest BCUT2D eigenvalue weighted by Gasteiger charge is -2.63. The van der Waals surface area contributed by atoms with Gasteiger partial charge in [-0.25, -0.2) is 0 Å². The van der Waals surface area contributed by atoms with Gasteiger partial charge in [0.15, 0.2) is 0 Å². The molecule has 7 heteroatoms. The number of likely N-dealkylation sites (tertiary alicyclic amines) is 1. The van der Waals surface area contributed by atoms with E-state index in [-0.39, 0.29) is 36.6 Å². The van der Waals surface area contributed by atoms with Crippen LogP contribution in [-0.4, -0.2) is 38.3 Å². The minimum Gasteiger partial charge on any atom is -0.508 e. The second kappa shape index (κ2) is 8.52. The van der Waals surface area contributed by atoms with Crippen LogP contribution in [0.4, 0.5) is 0 Å². The van der Waals surface area contributed by atoms with E-state index in [0.717, 1.165) is 52.9 Å². The van der Waals surface area contributed by atoms with Crippen LogP contribution in [0.5, 0.6) is 5.75 Å². The summed E-state index contributed by atoms with van der Waals surface area (Å²) in [7, 11) is 0. The Bertz CT molecular complexity index is 1390. The molecule has 0 radical (unpaired) electrons. The van der Waals surface area contributed by atoms with Crippen LogP contribution in [0.1, 0.15) is 34.6 Å². The van der Waals surface area contributed by atoms with Gasteiger partial charge in [-0.3, -0.25) is 9.88 Å². The van der Waals surface area contributed by atoms with E-state index in [2.05, 4.69) is 23.1 Å². The standard InChI is InChI=1S/C28H26N2O3.2ClH/c31-21-8-7-18-13-26-28(32)15-20-12-19-4-1-2-6-24(19)29-25(20)16-27(28,23(18)14-21)9-10-30(26)17-22-5-3-11-33-22;;/h1-8,11-12,14,26,31-32H,9-10,13,15-17H2;2*1H/t26-,27-,28-;;/m1../s1. The second-order valence-electron chi connectivity index (χ2n) is 10.0. The molecule has 35 heavy (non-hydrogen) atoms. The lowest BCUT2D eigenvalue weighted by Crippen LogP contribution is -2.74. The Labute approximate surface area is 216 Å². The summed E-state index contributed by atoms with van der Waals surface area (Å²) in [5.41, 5.74) is 4.11. The molecule has 2 N–H and O–H groups in total. The number of hydrogen-bond acceptors (Lipinski definition) is 5. The predicted molar refractivity (Wildman–Crippen MR) is 140 cm³/mol. The topological polar surface area (TPSA) is 69.7 Å². The Kier molecular flexibility index (Phi) is 5.88. The number of fused-ring (bicyclic) bond motifs is 3. The van der Waals surface area contributed by atoms with Crippen molar-refractivity contribution in [2.45, 2.75) is 49.3 Å². The van der Waals surface area contributed by atoms with Crippen LogP contribution in [0.25, 0.3) is 10.9 Å². The average Bonchev–Trinajstić information content (AvgIpc) is 3.32. The van der Waals surface area contributed by atoms with Crippen molar-refractivity contribution in [2.75, 3.05) is 6.54 Å². The summed E-state index contributed by atoms with van der Waals surface area (Å²) < 4.78 is 5.66. The van der Waals surface area contributed by atoms with Gasteiger partial charge in [0.05, 0.1) is 23.9 Å². The number of benzene rings is 2. The third kappa shape index (κ3) is 3.40. The molecule has 0 saturated carbocycles. The number of phenols is 1. The maximum Gasteiger partial charge on any atom is 0.117 e. The molecule has 2 aliphatic carbocycles. The third-order valence-corrected chi connectivity index (χ3v) is 8.43. The van der Waals surface area contributed by atoms with Gasteiger partial charge in [-0.15, -0.1) is 24.8 Å². The number of furan rings is 1.